The van der Waals surface area contributed by atoms with Gasteiger partial charge >= 0.3 is 5.97 Å². The second kappa shape index (κ2) is 4.19. The van der Waals surface area contributed by atoms with E-state index in [0.717, 1.165) is 17.5 Å². The molecule has 6 heteroatoms. The lowest BCUT2D eigenvalue weighted by atomic mass is 9.84. The summed E-state index contributed by atoms with van der Waals surface area (Å²) in [5.41, 5.74) is -0.592. The van der Waals surface area contributed by atoms with Crippen LogP contribution >= 0.6 is 11.5 Å². The lowest BCUT2D eigenvalue weighted by Crippen LogP contribution is -2.34. The van der Waals surface area contributed by atoms with Crippen molar-refractivity contribution in [2.75, 3.05) is 18.0 Å². The fraction of sp³-hybridized carbons (Fsp3) is 0.750. The van der Waals surface area contributed by atoms with E-state index in [-0.39, 0.29) is 0 Å². The van der Waals surface area contributed by atoms with Crippen LogP contribution in [0.25, 0.3) is 0 Å². The number of anilines is 1. The molecule has 0 aromatic carbocycles. The lowest BCUT2D eigenvalue weighted by molar-refractivity contribution is -0.147. The monoisotopic (exact) mass is 267 g/mol. The fourth-order valence-corrected chi connectivity index (χ4v) is 3.28. The Morgan fingerprint density at radius 1 is 1.61 bits per heavy atom. The van der Waals surface area contributed by atoms with Crippen LogP contribution in [-0.4, -0.2) is 33.5 Å². The van der Waals surface area contributed by atoms with Gasteiger partial charge in [-0.25, -0.2) is 4.98 Å². The molecule has 2 fully saturated rings. The molecule has 1 aromatic rings. The highest BCUT2D eigenvalue weighted by molar-refractivity contribution is 7.09. The van der Waals surface area contributed by atoms with Gasteiger partial charge in [0.05, 0.1) is 5.41 Å². The molecule has 5 nitrogen and oxygen atoms in total. The van der Waals surface area contributed by atoms with E-state index in [4.69, 9.17) is 0 Å². The maximum atomic E-state index is 11.4. The normalized spacial score (nSPS) is 27.7. The molecule has 0 spiro atoms. The zero-order valence-electron chi connectivity index (χ0n) is 10.4. The molecule has 1 saturated heterocycles. The smallest absolute Gasteiger partial charge is 0.311 e. The molecule has 1 aromatic heterocycles. The van der Waals surface area contributed by atoms with Gasteiger partial charge in [0.2, 0.25) is 5.13 Å². The average Bonchev–Trinajstić information content (AvgIpc) is 2.95. The summed E-state index contributed by atoms with van der Waals surface area (Å²) in [4.78, 5) is 18.0. The SMILES string of the molecule is CCC1(C(=O)O)CCN(c2nc(C3CC3)ns2)C1. The maximum absolute atomic E-state index is 11.4. The Morgan fingerprint density at radius 3 is 2.94 bits per heavy atom. The Balaban J connectivity index is 1.75. The van der Waals surface area contributed by atoms with Gasteiger partial charge in [-0.2, -0.15) is 4.37 Å². The molecule has 0 bridgehead atoms. The highest BCUT2D eigenvalue weighted by Gasteiger charge is 2.44. The van der Waals surface area contributed by atoms with Crippen LogP contribution in [-0.2, 0) is 4.79 Å². The maximum Gasteiger partial charge on any atom is 0.311 e. The van der Waals surface area contributed by atoms with Crippen LogP contribution in [0.15, 0.2) is 0 Å². The molecule has 1 saturated carbocycles. The predicted octanol–water partition coefficient (Wildman–Crippen LogP) is 2.11. The van der Waals surface area contributed by atoms with E-state index < -0.39 is 11.4 Å². The first-order valence-corrected chi connectivity index (χ1v) is 7.24. The molecule has 98 valence electrons. The van der Waals surface area contributed by atoms with Crippen molar-refractivity contribution in [2.45, 2.75) is 38.5 Å². The van der Waals surface area contributed by atoms with Crippen molar-refractivity contribution in [3.05, 3.63) is 5.82 Å². The molecule has 1 aliphatic heterocycles. The second-order valence-corrected chi connectivity index (χ2v) is 6.05. The molecule has 1 unspecified atom stereocenters. The van der Waals surface area contributed by atoms with E-state index in [1.807, 2.05) is 6.92 Å². The quantitative estimate of drug-likeness (QED) is 0.905. The summed E-state index contributed by atoms with van der Waals surface area (Å²) in [6, 6.07) is 0. The lowest BCUT2D eigenvalue weighted by Gasteiger charge is -2.22. The standard InChI is InChI=1S/C12H17N3O2S/c1-2-12(10(16)17)5-6-15(7-12)11-13-9(14-18-11)8-3-4-8/h8H,2-7H2,1H3,(H,16,17). The minimum atomic E-state index is -0.681. The molecular weight excluding hydrogens is 250 g/mol. The minimum Gasteiger partial charge on any atom is -0.481 e. The van der Waals surface area contributed by atoms with Crippen LogP contribution < -0.4 is 4.90 Å². The number of carbonyl (C=O) groups is 1. The molecule has 1 atom stereocenters. The highest BCUT2D eigenvalue weighted by atomic mass is 32.1. The van der Waals surface area contributed by atoms with Crippen LogP contribution in [0, 0.1) is 5.41 Å². The Morgan fingerprint density at radius 2 is 2.39 bits per heavy atom. The van der Waals surface area contributed by atoms with Crippen molar-refractivity contribution in [1.82, 2.24) is 9.36 Å². The van der Waals surface area contributed by atoms with E-state index in [9.17, 15) is 9.90 Å². The number of rotatable bonds is 4. The number of hydrogen-bond donors (Lipinski definition) is 1. The Hall–Kier alpha value is -1.17. The topological polar surface area (TPSA) is 66.3 Å². The fourth-order valence-electron chi connectivity index (χ4n) is 2.51. The van der Waals surface area contributed by atoms with Gasteiger partial charge in [0.15, 0.2) is 0 Å². The van der Waals surface area contributed by atoms with Gasteiger partial charge < -0.3 is 10.0 Å². The average molecular weight is 267 g/mol. The van der Waals surface area contributed by atoms with E-state index in [2.05, 4.69) is 14.3 Å². The highest BCUT2D eigenvalue weighted by Crippen LogP contribution is 2.41. The first-order chi connectivity index (χ1) is 8.64. The van der Waals surface area contributed by atoms with E-state index in [1.165, 1.54) is 24.4 Å². The summed E-state index contributed by atoms with van der Waals surface area (Å²) >= 11 is 1.41. The summed E-state index contributed by atoms with van der Waals surface area (Å²) in [6.07, 6.45) is 3.78. The molecule has 2 aliphatic rings. The van der Waals surface area contributed by atoms with Crippen LogP contribution in [0.5, 0.6) is 0 Å². The van der Waals surface area contributed by atoms with E-state index in [0.29, 0.717) is 25.3 Å². The zero-order valence-corrected chi connectivity index (χ0v) is 11.2. The van der Waals surface area contributed by atoms with Gasteiger partial charge in [0.25, 0.3) is 0 Å². The molecule has 0 radical (unpaired) electrons. The molecule has 3 rings (SSSR count). The number of carboxylic acid groups (broad SMARTS) is 1. The summed E-state index contributed by atoms with van der Waals surface area (Å²) in [6.45, 7) is 3.30. The van der Waals surface area contributed by atoms with Gasteiger partial charge in [0, 0.05) is 30.5 Å². The number of hydrogen-bond acceptors (Lipinski definition) is 5. The van der Waals surface area contributed by atoms with Crippen molar-refractivity contribution < 1.29 is 9.90 Å². The largest absolute Gasteiger partial charge is 0.481 e. The van der Waals surface area contributed by atoms with Gasteiger partial charge in [0.1, 0.15) is 5.82 Å². The summed E-state index contributed by atoms with van der Waals surface area (Å²) in [5, 5.41) is 10.3. The molecule has 18 heavy (non-hydrogen) atoms. The second-order valence-electron chi connectivity index (χ2n) is 5.32. The van der Waals surface area contributed by atoms with Gasteiger partial charge in [-0.05, 0) is 25.7 Å². The molecule has 1 N–H and O–H groups in total. The Bertz CT molecular complexity index is 472. The number of carboxylic acids is 1. The van der Waals surface area contributed by atoms with Gasteiger partial charge in [-0.1, -0.05) is 6.92 Å². The number of nitrogens with zero attached hydrogens (tertiary/aromatic N) is 3. The van der Waals surface area contributed by atoms with Crippen molar-refractivity contribution in [1.29, 1.82) is 0 Å². The minimum absolute atomic E-state index is 0.563. The summed E-state index contributed by atoms with van der Waals surface area (Å²) in [7, 11) is 0. The molecular formula is C12H17N3O2S. The number of aromatic nitrogens is 2. The summed E-state index contributed by atoms with van der Waals surface area (Å²) < 4.78 is 4.38. The first kappa shape index (κ1) is 11.9. The van der Waals surface area contributed by atoms with Gasteiger partial charge in [-0.15, -0.1) is 0 Å². The van der Waals surface area contributed by atoms with Crippen LogP contribution in [0.2, 0.25) is 0 Å². The van der Waals surface area contributed by atoms with Crippen molar-refractivity contribution in [2.24, 2.45) is 5.41 Å². The Kier molecular flexibility index (Phi) is 2.77. The third kappa shape index (κ3) is 1.88. The predicted molar refractivity (Wildman–Crippen MR) is 69.1 cm³/mol. The van der Waals surface area contributed by atoms with Gasteiger partial charge in [-0.3, -0.25) is 4.79 Å². The molecule has 0 amide bonds. The Labute approximate surface area is 110 Å². The van der Waals surface area contributed by atoms with Crippen LogP contribution in [0.3, 0.4) is 0 Å². The van der Waals surface area contributed by atoms with Crippen molar-refractivity contribution >= 4 is 22.6 Å². The summed E-state index contributed by atoms with van der Waals surface area (Å²) in [5.74, 6) is 0.840. The van der Waals surface area contributed by atoms with Crippen molar-refractivity contribution in [3.63, 3.8) is 0 Å². The third-order valence-electron chi connectivity index (χ3n) is 4.13. The van der Waals surface area contributed by atoms with E-state index >= 15 is 0 Å². The van der Waals surface area contributed by atoms with E-state index in [1.54, 1.807) is 0 Å². The molecule has 2 heterocycles. The third-order valence-corrected chi connectivity index (χ3v) is 4.92. The van der Waals surface area contributed by atoms with Crippen LogP contribution in [0.1, 0.15) is 44.3 Å². The molecule has 1 aliphatic carbocycles. The zero-order chi connectivity index (χ0) is 12.8. The number of aliphatic carboxylic acids is 1. The first-order valence-electron chi connectivity index (χ1n) is 6.46. The van der Waals surface area contributed by atoms with Crippen molar-refractivity contribution in [3.8, 4) is 0 Å². The van der Waals surface area contributed by atoms with Crippen LogP contribution in [0.4, 0.5) is 5.13 Å².